The molecule has 1 heterocycles. The fourth-order valence-corrected chi connectivity index (χ4v) is 2.32. The third kappa shape index (κ3) is 3.19. The predicted octanol–water partition coefficient (Wildman–Crippen LogP) is 3.97. The zero-order chi connectivity index (χ0) is 12.1. The Morgan fingerprint density at radius 3 is 2.65 bits per heavy atom. The molecule has 1 unspecified atom stereocenters. The maximum atomic E-state index is 3.43. The summed E-state index contributed by atoms with van der Waals surface area (Å²) in [5.41, 5.74) is 4.37. The van der Waals surface area contributed by atoms with Gasteiger partial charge in [0.2, 0.25) is 0 Å². The standard InChI is InChI=1S/C16H23N/c1-3-13(2)14-6-8-16(9-7-14)15-5-4-11-17-12-10-15/h5-9,13,17H,3-4,10-12H2,1-2H3. The van der Waals surface area contributed by atoms with Gasteiger partial charge in [0.05, 0.1) is 0 Å². The van der Waals surface area contributed by atoms with Crippen molar-refractivity contribution in [3.8, 4) is 0 Å². The van der Waals surface area contributed by atoms with Crippen molar-refractivity contribution in [2.75, 3.05) is 13.1 Å². The SMILES string of the molecule is CCC(C)c1ccc(C2=CCCNCC2)cc1. The van der Waals surface area contributed by atoms with Crippen LogP contribution in [0.15, 0.2) is 30.3 Å². The van der Waals surface area contributed by atoms with E-state index in [0.29, 0.717) is 5.92 Å². The average molecular weight is 229 g/mol. The number of hydrogen-bond donors (Lipinski definition) is 1. The number of benzene rings is 1. The second-order valence-corrected chi connectivity index (χ2v) is 4.95. The lowest BCUT2D eigenvalue weighted by Crippen LogP contribution is -2.13. The van der Waals surface area contributed by atoms with E-state index in [0.717, 1.165) is 25.9 Å². The second kappa shape index (κ2) is 6.02. The van der Waals surface area contributed by atoms with E-state index in [1.54, 1.807) is 0 Å². The summed E-state index contributed by atoms with van der Waals surface area (Å²) in [5, 5.41) is 3.43. The Kier molecular flexibility index (Phi) is 4.38. The minimum Gasteiger partial charge on any atom is -0.316 e. The molecular formula is C16H23N. The number of nitrogens with one attached hydrogen (secondary N) is 1. The Bertz CT molecular complexity index is 375. The van der Waals surface area contributed by atoms with Gasteiger partial charge >= 0.3 is 0 Å². The van der Waals surface area contributed by atoms with Crippen molar-refractivity contribution in [1.82, 2.24) is 5.32 Å². The van der Waals surface area contributed by atoms with Crippen LogP contribution in [0.3, 0.4) is 0 Å². The quantitative estimate of drug-likeness (QED) is 0.827. The Balaban J connectivity index is 2.14. The van der Waals surface area contributed by atoms with Crippen molar-refractivity contribution in [2.24, 2.45) is 0 Å². The van der Waals surface area contributed by atoms with E-state index in [9.17, 15) is 0 Å². The van der Waals surface area contributed by atoms with Gasteiger partial charge in [-0.3, -0.25) is 0 Å². The molecule has 1 heteroatoms. The highest BCUT2D eigenvalue weighted by Crippen LogP contribution is 2.24. The molecule has 0 radical (unpaired) electrons. The summed E-state index contributed by atoms with van der Waals surface area (Å²) in [4.78, 5) is 0. The van der Waals surface area contributed by atoms with Gasteiger partial charge < -0.3 is 5.32 Å². The van der Waals surface area contributed by atoms with Gasteiger partial charge in [-0.1, -0.05) is 44.2 Å². The summed E-state index contributed by atoms with van der Waals surface area (Å²) in [7, 11) is 0. The first-order valence-electron chi connectivity index (χ1n) is 6.81. The molecular weight excluding hydrogens is 206 g/mol. The highest BCUT2D eigenvalue weighted by molar-refractivity contribution is 5.66. The molecule has 1 nitrogen and oxygen atoms in total. The van der Waals surface area contributed by atoms with E-state index >= 15 is 0 Å². The van der Waals surface area contributed by atoms with Crippen LogP contribution in [0, 0.1) is 0 Å². The highest BCUT2D eigenvalue weighted by Gasteiger charge is 2.06. The van der Waals surface area contributed by atoms with Crippen LogP contribution < -0.4 is 5.32 Å². The lowest BCUT2D eigenvalue weighted by molar-refractivity contribution is 0.718. The molecule has 0 amide bonds. The molecule has 0 saturated carbocycles. The molecule has 0 aliphatic carbocycles. The third-order valence-corrected chi connectivity index (χ3v) is 3.75. The van der Waals surface area contributed by atoms with E-state index in [2.05, 4.69) is 49.5 Å². The van der Waals surface area contributed by atoms with Crippen molar-refractivity contribution in [3.63, 3.8) is 0 Å². The van der Waals surface area contributed by atoms with Gasteiger partial charge in [-0.2, -0.15) is 0 Å². The summed E-state index contributed by atoms with van der Waals surface area (Å²) in [6.45, 7) is 6.77. The maximum Gasteiger partial charge on any atom is -0.000812 e. The smallest absolute Gasteiger partial charge is 0.000812 e. The molecule has 17 heavy (non-hydrogen) atoms. The first-order chi connectivity index (χ1) is 8.31. The topological polar surface area (TPSA) is 12.0 Å². The van der Waals surface area contributed by atoms with Crippen LogP contribution in [-0.2, 0) is 0 Å². The number of rotatable bonds is 3. The Labute approximate surface area is 105 Å². The molecule has 0 bridgehead atoms. The minimum atomic E-state index is 0.675. The van der Waals surface area contributed by atoms with Crippen molar-refractivity contribution in [1.29, 1.82) is 0 Å². The van der Waals surface area contributed by atoms with E-state index < -0.39 is 0 Å². The zero-order valence-corrected chi connectivity index (χ0v) is 11.0. The number of hydrogen-bond acceptors (Lipinski definition) is 1. The molecule has 0 aromatic heterocycles. The first-order valence-corrected chi connectivity index (χ1v) is 6.81. The monoisotopic (exact) mass is 229 g/mol. The average Bonchev–Trinajstić information content (AvgIpc) is 2.67. The largest absolute Gasteiger partial charge is 0.316 e. The van der Waals surface area contributed by atoms with Crippen LogP contribution in [0.5, 0.6) is 0 Å². The summed E-state index contributed by atoms with van der Waals surface area (Å²) in [6, 6.07) is 9.17. The van der Waals surface area contributed by atoms with Crippen LogP contribution in [0.25, 0.3) is 5.57 Å². The maximum absolute atomic E-state index is 3.43. The van der Waals surface area contributed by atoms with Crippen LogP contribution in [0.2, 0.25) is 0 Å². The minimum absolute atomic E-state index is 0.675. The zero-order valence-electron chi connectivity index (χ0n) is 11.0. The Morgan fingerprint density at radius 2 is 1.94 bits per heavy atom. The fourth-order valence-electron chi connectivity index (χ4n) is 2.32. The summed E-state index contributed by atoms with van der Waals surface area (Å²) < 4.78 is 0. The van der Waals surface area contributed by atoms with Gasteiger partial charge in [-0.25, -0.2) is 0 Å². The molecule has 1 aliphatic heterocycles. The van der Waals surface area contributed by atoms with Gasteiger partial charge in [0.25, 0.3) is 0 Å². The molecule has 1 aromatic carbocycles. The summed E-state index contributed by atoms with van der Waals surface area (Å²) in [5.74, 6) is 0.675. The molecule has 0 fully saturated rings. The van der Waals surface area contributed by atoms with Crippen LogP contribution in [0.1, 0.15) is 50.2 Å². The van der Waals surface area contributed by atoms with Crippen LogP contribution in [-0.4, -0.2) is 13.1 Å². The lowest BCUT2D eigenvalue weighted by Gasteiger charge is -2.11. The highest BCUT2D eigenvalue weighted by atomic mass is 14.8. The van der Waals surface area contributed by atoms with E-state index in [1.165, 1.54) is 23.1 Å². The van der Waals surface area contributed by atoms with E-state index in [1.807, 2.05) is 0 Å². The third-order valence-electron chi connectivity index (χ3n) is 3.75. The van der Waals surface area contributed by atoms with Gasteiger partial charge in [-0.05, 0) is 55.0 Å². The molecule has 92 valence electrons. The van der Waals surface area contributed by atoms with E-state index in [-0.39, 0.29) is 0 Å². The second-order valence-electron chi connectivity index (χ2n) is 4.95. The molecule has 0 saturated heterocycles. The van der Waals surface area contributed by atoms with Crippen molar-refractivity contribution in [3.05, 3.63) is 41.5 Å². The molecule has 1 aliphatic rings. The predicted molar refractivity (Wildman–Crippen MR) is 75.2 cm³/mol. The molecule has 1 atom stereocenters. The van der Waals surface area contributed by atoms with Gasteiger partial charge in [0, 0.05) is 0 Å². The van der Waals surface area contributed by atoms with Gasteiger partial charge in [-0.15, -0.1) is 0 Å². The summed E-state index contributed by atoms with van der Waals surface area (Å²) in [6.07, 6.45) is 5.91. The first kappa shape index (κ1) is 12.4. The van der Waals surface area contributed by atoms with Gasteiger partial charge in [0.1, 0.15) is 0 Å². The van der Waals surface area contributed by atoms with Crippen molar-refractivity contribution >= 4 is 5.57 Å². The molecule has 2 rings (SSSR count). The molecule has 1 aromatic rings. The van der Waals surface area contributed by atoms with E-state index in [4.69, 9.17) is 0 Å². The Hall–Kier alpha value is -1.08. The van der Waals surface area contributed by atoms with Crippen LogP contribution >= 0.6 is 0 Å². The van der Waals surface area contributed by atoms with Crippen LogP contribution in [0.4, 0.5) is 0 Å². The van der Waals surface area contributed by atoms with Crippen molar-refractivity contribution < 1.29 is 0 Å². The van der Waals surface area contributed by atoms with Crippen molar-refractivity contribution in [2.45, 2.75) is 39.0 Å². The molecule has 1 N–H and O–H groups in total. The fraction of sp³-hybridized carbons (Fsp3) is 0.500. The van der Waals surface area contributed by atoms with Gasteiger partial charge in [0.15, 0.2) is 0 Å². The Morgan fingerprint density at radius 1 is 1.18 bits per heavy atom. The summed E-state index contributed by atoms with van der Waals surface area (Å²) >= 11 is 0. The molecule has 0 spiro atoms. The lowest BCUT2D eigenvalue weighted by atomic mass is 9.95. The normalized spacial score (nSPS) is 18.4.